The lowest BCUT2D eigenvalue weighted by Gasteiger charge is -2.23. The Kier molecular flexibility index (Phi) is 5.90. The maximum atomic E-state index is 13.0. The van der Waals surface area contributed by atoms with E-state index in [4.69, 9.17) is 9.26 Å². The first-order valence-corrected chi connectivity index (χ1v) is 9.80. The molecule has 1 atom stereocenters. The van der Waals surface area contributed by atoms with Gasteiger partial charge in [-0.15, -0.1) is 0 Å². The van der Waals surface area contributed by atoms with Crippen LogP contribution in [0.15, 0.2) is 71.3 Å². The third kappa shape index (κ3) is 4.41. The van der Waals surface area contributed by atoms with Gasteiger partial charge >= 0.3 is 0 Å². The van der Waals surface area contributed by atoms with Gasteiger partial charge in [-0.25, -0.2) is 0 Å². The number of aromatic nitrogens is 1. The number of benzene rings is 2. The van der Waals surface area contributed by atoms with Gasteiger partial charge in [0.25, 0.3) is 5.91 Å². The molecule has 154 valence electrons. The Morgan fingerprint density at radius 1 is 1.10 bits per heavy atom. The summed E-state index contributed by atoms with van der Waals surface area (Å²) in [5.41, 5.74) is 2.04. The molecule has 0 unspecified atom stereocenters. The van der Waals surface area contributed by atoms with Crippen LogP contribution in [0.3, 0.4) is 0 Å². The molecule has 1 aliphatic rings. The molecule has 0 aliphatic carbocycles. The summed E-state index contributed by atoms with van der Waals surface area (Å²) in [4.78, 5) is 29.1. The zero-order valence-electron chi connectivity index (χ0n) is 16.7. The summed E-state index contributed by atoms with van der Waals surface area (Å²) < 4.78 is 10.9. The van der Waals surface area contributed by atoms with Gasteiger partial charge in [0.1, 0.15) is 6.54 Å². The number of methoxy groups -OCH3 is 1. The second kappa shape index (κ2) is 8.92. The third-order valence-electron chi connectivity index (χ3n) is 5.15. The maximum Gasteiger partial charge on any atom is 0.276 e. The molecule has 1 aromatic heterocycles. The first-order valence-electron chi connectivity index (χ1n) is 9.80. The number of amides is 2. The molecule has 7 heteroatoms. The van der Waals surface area contributed by atoms with E-state index >= 15 is 0 Å². The van der Waals surface area contributed by atoms with Gasteiger partial charge in [0.05, 0.1) is 6.10 Å². The standard InChI is InChI=1S/C23H23N3O4/c1-29-19-14-25(13-17-8-4-2-5-9-17)22(27)16-26(15-19)23(28)20-12-21(30-24-20)18-10-6-3-7-11-18/h2-12,19H,13-16H2,1H3/t19-/m1/s1. The molecule has 30 heavy (non-hydrogen) atoms. The van der Waals surface area contributed by atoms with E-state index in [1.54, 1.807) is 18.1 Å². The second-order valence-corrected chi connectivity index (χ2v) is 7.25. The average molecular weight is 405 g/mol. The fourth-order valence-corrected chi connectivity index (χ4v) is 3.52. The van der Waals surface area contributed by atoms with E-state index < -0.39 is 0 Å². The van der Waals surface area contributed by atoms with Crippen molar-refractivity contribution >= 4 is 11.8 Å². The zero-order chi connectivity index (χ0) is 20.9. The summed E-state index contributed by atoms with van der Waals surface area (Å²) in [6, 6.07) is 20.8. The summed E-state index contributed by atoms with van der Waals surface area (Å²) in [5.74, 6) is 0.0329. The van der Waals surface area contributed by atoms with Gasteiger partial charge in [-0.2, -0.15) is 0 Å². The molecule has 0 spiro atoms. The molecule has 2 amide bonds. The Morgan fingerprint density at radius 3 is 2.50 bits per heavy atom. The highest BCUT2D eigenvalue weighted by Gasteiger charge is 2.32. The third-order valence-corrected chi connectivity index (χ3v) is 5.15. The van der Waals surface area contributed by atoms with Gasteiger partial charge in [0.2, 0.25) is 5.91 Å². The number of carbonyl (C=O) groups excluding carboxylic acids is 2. The molecule has 0 radical (unpaired) electrons. The quantitative estimate of drug-likeness (QED) is 0.653. The Morgan fingerprint density at radius 2 is 1.80 bits per heavy atom. The molecule has 1 saturated heterocycles. The first kappa shape index (κ1) is 19.8. The van der Waals surface area contributed by atoms with Crippen LogP contribution in [0.2, 0.25) is 0 Å². The number of rotatable bonds is 5. The van der Waals surface area contributed by atoms with Gasteiger partial charge in [-0.05, 0) is 5.56 Å². The minimum Gasteiger partial charge on any atom is -0.378 e. The first-order chi connectivity index (χ1) is 14.6. The van der Waals surface area contributed by atoms with Crippen molar-refractivity contribution in [3.8, 4) is 11.3 Å². The van der Waals surface area contributed by atoms with Crippen molar-refractivity contribution < 1.29 is 18.8 Å². The molecule has 1 fully saturated rings. The van der Waals surface area contributed by atoms with Gasteiger partial charge in [0.15, 0.2) is 11.5 Å². The fourth-order valence-electron chi connectivity index (χ4n) is 3.52. The second-order valence-electron chi connectivity index (χ2n) is 7.25. The van der Waals surface area contributed by atoms with E-state index in [9.17, 15) is 9.59 Å². The van der Waals surface area contributed by atoms with E-state index in [2.05, 4.69) is 5.16 Å². The summed E-state index contributed by atoms with van der Waals surface area (Å²) in [6.07, 6.45) is -0.287. The van der Waals surface area contributed by atoms with Crippen LogP contribution in [0.1, 0.15) is 16.1 Å². The molecule has 3 aromatic rings. The topological polar surface area (TPSA) is 75.9 Å². The maximum absolute atomic E-state index is 13.0. The Balaban J connectivity index is 1.51. The smallest absolute Gasteiger partial charge is 0.276 e. The monoisotopic (exact) mass is 405 g/mol. The average Bonchev–Trinajstić information content (AvgIpc) is 3.22. The Labute approximate surface area is 174 Å². The highest BCUT2D eigenvalue weighted by molar-refractivity contribution is 5.95. The van der Waals surface area contributed by atoms with Crippen molar-refractivity contribution in [3.05, 3.63) is 78.0 Å². The number of ether oxygens (including phenoxy) is 1. The Hall–Kier alpha value is -3.45. The van der Waals surface area contributed by atoms with Crippen LogP contribution >= 0.6 is 0 Å². The normalized spacial score (nSPS) is 17.1. The predicted octanol–water partition coefficient (Wildman–Crippen LogP) is 2.84. The lowest BCUT2D eigenvalue weighted by molar-refractivity contribution is -0.132. The zero-order valence-corrected chi connectivity index (χ0v) is 16.7. The van der Waals surface area contributed by atoms with E-state index in [1.165, 1.54) is 4.90 Å². The van der Waals surface area contributed by atoms with Crippen LogP contribution in [-0.4, -0.2) is 59.6 Å². The molecule has 0 bridgehead atoms. The van der Waals surface area contributed by atoms with E-state index in [0.29, 0.717) is 25.4 Å². The molecule has 2 aromatic carbocycles. The van der Waals surface area contributed by atoms with Gasteiger partial charge < -0.3 is 19.1 Å². The SMILES string of the molecule is CO[C@@H]1CN(Cc2ccccc2)C(=O)CN(C(=O)c2cc(-c3ccccc3)on2)C1. The van der Waals surface area contributed by atoms with Crippen molar-refractivity contribution in [2.24, 2.45) is 0 Å². The number of hydrogen-bond donors (Lipinski definition) is 0. The van der Waals surface area contributed by atoms with Crippen molar-refractivity contribution in [1.29, 1.82) is 0 Å². The van der Waals surface area contributed by atoms with Crippen LogP contribution in [0.4, 0.5) is 0 Å². The van der Waals surface area contributed by atoms with Crippen LogP contribution in [-0.2, 0) is 16.1 Å². The van der Waals surface area contributed by atoms with Crippen LogP contribution < -0.4 is 0 Å². The fraction of sp³-hybridized carbons (Fsp3) is 0.261. The van der Waals surface area contributed by atoms with Crippen molar-refractivity contribution in [1.82, 2.24) is 15.0 Å². The lowest BCUT2D eigenvalue weighted by atomic mass is 10.1. The summed E-state index contributed by atoms with van der Waals surface area (Å²) in [6.45, 7) is 1.17. The van der Waals surface area contributed by atoms with E-state index in [-0.39, 0.29) is 30.2 Å². The van der Waals surface area contributed by atoms with Crippen LogP contribution in [0.25, 0.3) is 11.3 Å². The van der Waals surface area contributed by atoms with Gasteiger partial charge in [0, 0.05) is 38.4 Å². The van der Waals surface area contributed by atoms with Gasteiger partial charge in [-0.3, -0.25) is 9.59 Å². The predicted molar refractivity (Wildman–Crippen MR) is 110 cm³/mol. The molecular weight excluding hydrogens is 382 g/mol. The van der Waals surface area contributed by atoms with Crippen molar-refractivity contribution in [3.63, 3.8) is 0 Å². The summed E-state index contributed by atoms with van der Waals surface area (Å²) in [7, 11) is 1.59. The van der Waals surface area contributed by atoms with Gasteiger partial charge in [-0.1, -0.05) is 65.8 Å². The number of hydrogen-bond acceptors (Lipinski definition) is 5. The molecule has 0 N–H and O–H groups in total. The number of carbonyl (C=O) groups is 2. The molecule has 1 aliphatic heterocycles. The number of nitrogens with zero attached hydrogens (tertiary/aromatic N) is 3. The largest absolute Gasteiger partial charge is 0.378 e. The van der Waals surface area contributed by atoms with Crippen LogP contribution in [0, 0.1) is 0 Å². The molecule has 7 nitrogen and oxygen atoms in total. The molecular formula is C23H23N3O4. The van der Waals surface area contributed by atoms with Crippen LogP contribution in [0.5, 0.6) is 0 Å². The van der Waals surface area contributed by atoms with E-state index in [0.717, 1.165) is 11.1 Å². The highest BCUT2D eigenvalue weighted by atomic mass is 16.5. The van der Waals surface area contributed by atoms with E-state index in [1.807, 2.05) is 60.7 Å². The molecule has 0 saturated carbocycles. The summed E-state index contributed by atoms with van der Waals surface area (Å²) >= 11 is 0. The Bertz CT molecular complexity index is 1000. The van der Waals surface area contributed by atoms with Crippen molar-refractivity contribution in [2.75, 3.05) is 26.7 Å². The lowest BCUT2D eigenvalue weighted by Crippen LogP contribution is -2.39. The summed E-state index contributed by atoms with van der Waals surface area (Å²) in [5, 5.41) is 3.93. The minimum atomic E-state index is -0.349. The minimum absolute atomic E-state index is 0.0287. The molecule has 4 rings (SSSR count). The molecule has 2 heterocycles. The van der Waals surface area contributed by atoms with Crippen molar-refractivity contribution in [2.45, 2.75) is 12.6 Å². The highest BCUT2D eigenvalue weighted by Crippen LogP contribution is 2.21.